The molecule has 0 saturated heterocycles. The van der Waals surface area contributed by atoms with Crippen molar-refractivity contribution < 1.29 is 9.53 Å². The Kier molecular flexibility index (Phi) is 7.15. The lowest BCUT2D eigenvalue weighted by molar-refractivity contribution is -0.120. The smallest absolute Gasteiger partial charge is 0.262 e. The number of thioether (sulfide) groups is 1. The molecule has 1 fully saturated rings. The fourth-order valence-corrected chi connectivity index (χ4v) is 5.31. The Hall–Kier alpha value is -2.39. The maximum atomic E-state index is 13.1. The van der Waals surface area contributed by atoms with Gasteiger partial charge in [-0.25, -0.2) is 0 Å². The van der Waals surface area contributed by atoms with Gasteiger partial charge in [0.1, 0.15) is 0 Å². The highest BCUT2D eigenvalue weighted by atomic mass is 32.2. The number of amides is 1. The van der Waals surface area contributed by atoms with Gasteiger partial charge in [0.15, 0.2) is 5.16 Å². The zero-order chi connectivity index (χ0) is 22.7. The Bertz CT molecular complexity index is 1160. The third-order valence-corrected chi connectivity index (χ3v) is 7.52. The van der Waals surface area contributed by atoms with Crippen LogP contribution in [0.5, 0.6) is 0 Å². The highest BCUT2D eigenvalue weighted by Crippen LogP contribution is 2.29. The van der Waals surface area contributed by atoms with E-state index in [1.165, 1.54) is 18.2 Å². The Morgan fingerprint density at radius 2 is 2.06 bits per heavy atom. The van der Waals surface area contributed by atoms with Gasteiger partial charge in [-0.2, -0.15) is 0 Å². The largest absolute Gasteiger partial charge is 0.385 e. The molecular weight excluding hydrogens is 426 g/mol. The Morgan fingerprint density at radius 3 is 2.88 bits per heavy atom. The van der Waals surface area contributed by atoms with E-state index in [4.69, 9.17) is 4.74 Å². The molecule has 3 atom stereocenters. The minimum Gasteiger partial charge on any atom is -0.385 e. The zero-order valence-corrected chi connectivity index (χ0v) is 19.7. The van der Waals surface area contributed by atoms with Gasteiger partial charge in [0.25, 0.3) is 5.56 Å². The van der Waals surface area contributed by atoms with E-state index in [9.17, 15) is 9.59 Å². The monoisotopic (exact) mass is 457 g/mol. The number of nitrogens with zero attached hydrogens (tertiary/aromatic N) is 4. The lowest BCUT2D eigenvalue weighted by Crippen LogP contribution is -2.44. The second kappa shape index (κ2) is 10.0. The average molecular weight is 458 g/mol. The standard InChI is InChI=1S/C23H31N5O3S/c1-15-8-6-10-18(16(15)2)24-20(29)14-32-23-26-25-22-27(12-7-13-31-3)21(30)17-9-4-5-11-19(17)28(22)23/h4-5,9,11,15-16,18H,6-8,10,12-14H2,1-3H3,(H,24,29). The summed E-state index contributed by atoms with van der Waals surface area (Å²) in [6, 6.07) is 7.68. The molecule has 4 rings (SSSR count). The molecule has 3 aromatic rings. The molecule has 1 aromatic carbocycles. The van der Waals surface area contributed by atoms with Crippen molar-refractivity contribution in [2.45, 2.75) is 57.3 Å². The number of aryl methyl sites for hydroxylation is 1. The average Bonchev–Trinajstić information content (AvgIpc) is 3.22. The molecule has 2 aromatic heterocycles. The lowest BCUT2D eigenvalue weighted by Gasteiger charge is -2.34. The second-order valence-corrected chi connectivity index (χ2v) is 9.61. The molecule has 0 spiro atoms. The van der Waals surface area contributed by atoms with Gasteiger partial charge < -0.3 is 10.1 Å². The number of fused-ring (bicyclic) bond motifs is 3. The first-order chi connectivity index (χ1) is 15.5. The predicted octanol–water partition coefficient (Wildman–Crippen LogP) is 3.11. The first-order valence-electron chi connectivity index (χ1n) is 11.3. The van der Waals surface area contributed by atoms with Crippen molar-refractivity contribution >= 4 is 34.3 Å². The summed E-state index contributed by atoms with van der Waals surface area (Å²) in [4.78, 5) is 25.8. The van der Waals surface area contributed by atoms with Crippen LogP contribution >= 0.6 is 11.8 Å². The van der Waals surface area contributed by atoms with Gasteiger partial charge >= 0.3 is 0 Å². The maximum Gasteiger partial charge on any atom is 0.262 e. The van der Waals surface area contributed by atoms with Crippen LogP contribution in [0.3, 0.4) is 0 Å². The summed E-state index contributed by atoms with van der Waals surface area (Å²) in [6.45, 7) is 5.53. The zero-order valence-electron chi connectivity index (χ0n) is 18.9. The minimum atomic E-state index is -0.0914. The number of carbonyl (C=O) groups excluding carboxylic acids is 1. The van der Waals surface area contributed by atoms with E-state index in [1.807, 2.05) is 28.7 Å². The molecule has 1 aliphatic rings. The number of nitrogens with one attached hydrogen (secondary N) is 1. The summed E-state index contributed by atoms with van der Waals surface area (Å²) in [7, 11) is 1.64. The Morgan fingerprint density at radius 1 is 1.25 bits per heavy atom. The number of methoxy groups -OCH3 is 1. The second-order valence-electron chi connectivity index (χ2n) is 8.67. The summed E-state index contributed by atoms with van der Waals surface area (Å²) in [5.41, 5.74) is 0.657. The van der Waals surface area contributed by atoms with Gasteiger partial charge in [-0.15, -0.1) is 10.2 Å². The summed E-state index contributed by atoms with van der Waals surface area (Å²) in [5.74, 6) is 1.87. The van der Waals surface area contributed by atoms with E-state index >= 15 is 0 Å². The number of carbonyl (C=O) groups is 1. The molecule has 1 N–H and O–H groups in total. The summed E-state index contributed by atoms with van der Waals surface area (Å²) in [6.07, 6.45) is 4.12. The van der Waals surface area contributed by atoms with Crippen molar-refractivity contribution in [2.24, 2.45) is 11.8 Å². The van der Waals surface area contributed by atoms with E-state index in [-0.39, 0.29) is 23.3 Å². The van der Waals surface area contributed by atoms with E-state index in [2.05, 4.69) is 29.4 Å². The number of para-hydroxylation sites is 1. The quantitative estimate of drug-likeness (QED) is 0.413. The molecule has 1 aliphatic carbocycles. The molecule has 8 nitrogen and oxygen atoms in total. The van der Waals surface area contributed by atoms with Crippen LogP contribution in [-0.2, 0) is 16.1 Å². The van der Waals surface area contributed by atoms with Crippen LogP contribution in [0.2, 0.25) is 0 Å². The van der Waals surface area contributed by atoms with Crippen LogP contribution in [-0.4, -0.2) is 50.6 Å². The van der Waals surface area contributed by atoms with E-state index in [1.54, 1.807) is 11.7 Å². The van der Waals surface area contributed by atoms with Crippen LogP contribution in [0.4, 0.5) is 0 Å². The fraction of sp³-hybridized carbons (Fsp3) is 0.565. The van der Waals surface area contributed by atoms with Gasteiger partial charge in [-0.3, -0.25) is 18.6 Å². The van der Waals surface area contributed by atoms with Crippen molar-refractivity contribution in [3.63, 3.8) is 0 Å². The molecule has 0 radical (unpaired) electrons. The number of hydrogen-bond acceptors (Lipinski definition) is 6. The van der Waals surface area contributed by atoms with E-state index in [0.717, 1.165) is 18.4 Å². The van der Waals surface area contributed by atoms with Crippen LogP contribution in [0, 0.1) is 11.8 Å². The van der Waals surface area contributed by atoms with Crippen LogP contribution in [0.25, 0.3) is 16.7 Å². The number of benzene rings is 1. The van der Waals surface area contributed by atoms with E-state index < -0.39 is 0 Å². The van der Waals surface area contributed by atoms with Crippen LogP contribution in [0.1, 0.15) is 39.5 Å². The van der Waals surface area contributed by atoms with Crippen LogP contribution < -0.4 is 10.9 Å². The first-order valence-corrected chi connectivity index (χ1v) is 12.3. The maximum absolute atomic E-state index is 13.1. The van der Waals surface area contributed by atoms with Crippen molar-refractivity contribution in [1.82, 2.24) is 24.5 Å². The van der Waals surface area contributed by atoms with Crippen LogP contribution in [0.15, 0.2) is 34.2 Å². The van der Waals surface area contributed by atoms with Crippen molar-refractivity contribution in [2.75, 3.05) is 19.5 Å². The molecule has 2 heterocycles. The fourth-order valence-electron chi connectivity index (χ4n) is 4.56. The summed E-state index contributed by atoms with van der Waals surface area (Å²) >= 11 is 1.35. The number of hydrogen-bond donors (Lipinski definition) is 1. The molecule has 0 aliphatic heterocycles. The third kappa shape index (κ3) is 4.54. The molecular formula is C23H31N5O3S. The van der Waals surface area contributed by atoms with Gasteiger partial charge in [-0.1, -0.05) is 50.6 Å². The van der Waals surface area contributed by atoms with E-state index in [0.29, 0.717) is 47.7 Å². The highest BCUT2D eigenvalue weighted by molar-refractivity contribution is 7.99. The van der Waals surface area contributed by atoms with Crippen molar-refractivity contribution in [1.29, 1.82) is 0 Å². The topological polar surface area (TPSA) is 90.5 Å². The molecule has 1 amide bonds. The summed E-state index contributed by atoms with van der Waals surface area (Å²) in [5, 5.41) is 13.1. The molecule has 172 valence electrons. The normalized spacial score (nSPS) is 21.3. The number of ether oxygens (including phenoxy) is 1. The minimum absolute atomic E-state index is 0.00965. The van der Waals surface area contributed by atoms with Crippen molar-refractivity contribution in [3.8, 4) is 0 Å². The molecule has 3 unspecified atom stereocenters. The SMILES string of the molecule is COCCCn1c(=O)c2ccccc2n2c(SCC(=O)NC3CCCC(C)C3C)nnc12. The van der Waals surface area contributed by atoms with Gasteiger partial charge in [0.05, 0.1) is 16.7 Å². The first kappa shape index (κ1) is 22.8. The molecule has 0 bridgehead atoms. The number of aromatic nitrogens is 4. The van der Waals surface area contributed by atoms with Gasteiger partial charge in [0, 0.05) is 26.3 Å². The Balaban J connectivity index is 1.58. The highest BCUT2D eigenvalue weighted by Gasteiger charge is 2.28. The third-order valence-electron chi connectivity index (χ3n) is 6.59. The Labute approximate surface area is 191 Å². The summed E-state index contributed by atoms with van der Waals surface area (Å²) < 4.78 is 8.67. The number of rotatable bonds is 8. The van der Waals surface area contributed by atoms with Gasteiger partial charge in [-0.05, 0) is 36.8 Å². The molecule has 1 saturated carbocycles. The molecule has 9 heteroatoms. The van der Waals surface area contributed by atoms with Gasteiger partial charge in [0.2, 0.25) is 11.7 Å². The predicted molar refractivity (Wildman–Crippen MR) is 126 cm³/mol. The molecule has 32 heavy (non-hydrogen) atoms. The van der Waals surface area contributed by atoms with Crippen molar-refractivity contribution in [3.05, 3.63) is 34.6 Å². The lowest BCUT2D eigenvalue weighted by atomic mass is 9.78.